The number of carboxylic acid groups (broad SMARTS) is 1. The first-order valence-electron chi connectivity index (χ1n) is 8.20. The molecule has 0 spiro atoms. The number of carbonyl (C=O) groups excluding carboxylic acids is 1. The van der Waals surface area contributed by atoms with Crippen LogP contribution in [0.5, 0.6) is 0 Å². The molecule has 132 valence electrons. The lowest BCUT2D eigenvalue weighted by Crippen LogP contribution is -2.73. The topological polar surface area (TPSA) is 85.8 Å². The molecule has 1 aliphatic heterocycles. The number of nitrogens with one attached hydrogen (secondary N) is 1. The third-order valence-electron chi connectivity index (χ3n) is 4.48. The van der Waals surface area contributed by atoms with Crippen molar-refractivity contribution < 1.29 is 14.7 Å². The predicted molar refractivity (Wildman–Crippen MR) is 92.2 cm³/mol. The molecule has 0 bridgehead atoms. The lowest BCUT2D eigenvalue weighted by atomic mass is 9.99. The summed E-state index contributed by atoms with van der Waals surface area (Å²) in [6, 6.07) is 3.98. The van der Waals surface area contributed by atoms with Gasteiger partial charge in [-0.2, -0.15) is 0 Å². The van der Waals surface area contributed by atoms with E-state index in [-0.39, 0.29) is 18.9 Å². The van der Waals surface area contributed by atoms with Crippen molar-refractivity contribution in [1.82, 2.24) is 15.2 Å². The van der Waals surface area contributed by atoms with Gasteiger partial charge in [0.1, 0.15) is 5.82 Å². The first-order valence-corrected chi connectivity index (χ1v) is 8.20. The molecule has 0 saturated carbocycles. The highest BCUT2D eigenvalue weighted by molar-refractivity contribution is 5.90. The van der Waals surface area contributed by atoms with Crippen LogP contribution in [-0.2, 0) is 11.2 Å². The highest BCUT2D eigenvalue weighted by Crippen LogP contribution is 2.24. The van der Waals surface area contributed by atoms with Gasteiger partial charge < -0.3 is 10.0 Å². The van der Waals surface area contributed by atoms with E-state index in [0.717, 1.165) is 12.2 Å². The SMILES string of the molecule is CNC1(C(C)=O)CN(c2ccc(CC(C)C)cn2)CCN1C(=O)O. The van der Waals surface area contributed by atoms with Crippen molar-refractivity contribution in [2.24, 2.45) is 5.92 Å². The first-order chi connectivity index (χ1) is 11.3. The minimum Gasteiger partial charge on any atom is -0.465 e. The van der Waals surface area contributed by atoms with Gasteiger partial charge in [-0.05, 0) is 37.9 Å². The molecule has 7 nitrogen and oxygen atoms in total. The fourth-order valence-electron chi connectivity index (χ4n) is 3.19. The Labute approximate surface area is 142 Å². The number of hydrogen-bond donors (Lipinski definition) is 2. The van der Waals surface area contributed by atoms with E-state index in [0.29, 0.717) is 12.5 Å². The van der Waals surface area contributed by atoms with Crippen LogP contribution in [0.3, 0.4) is 0 Å². The first kappa shape index (κ1) is 18.2. The van der Waals surface area contributed by atoms with E-state index in [2.05, 4.69) is 24.1 Å². The molecule has 1 amide bonds. The van der Waals surface area contributed by atoms with Gasteiger partial charge in [0.2, 0.25) is 0 Å². The Morgan fingerprint density at radius 2 is 2.08 bits per heavy atom. The number of ketones is 1. The summed E-state index contributed by atoms with van der Waals surface area (Å²) in [5, 5.41) is 12.3. The van der Waals surface area contributed by atoms with Gasteiger partial charge in [0.25, 0.3) is 0 Å². The zero-order valence-corrected chi connectivity index (χ0v) is 14.7. The fourth-order valence-corrected chi connectivity index (χ4v) is 3.19. The van der Waals surface area contributed by atoms with Gasteiger partial charge in [-0.25, -0.2) is 9.78 Å². The van der Waals surface area contributed by atoms with Gasteiger partial charge in [-0.3, -0.25) is 15.0 Å². The number of anilines is 1. The maximum atomic E-state index is 12.2. The second kappa shape index (κ2) is 7.17. The molecule has 2 rings (SSSR count). The summed E-state index contributed by atoms with van der Waals surface area (Å²) in [4.78, 5) is 31.4. The van der Waals surface area contributed by atoms with Gasteiger partial charge in [0.05, 0.1) is 6.54 Å². The van der Waals surface area contributed by atoms with E-state index in [1.165, 1.54) is 17.4 Å². The lowest BCUT2D eigenvalue weighted by molar-refractivity contribution is -0.130. The van der Waals surface area contributed by atoms with Crippen molar-refractivity contribution in [2.75, 3.05) is 31.6 Å². The number of piperazine rings is 1. The van der Waals surface area contributed by atoms with Crippen LogP contribution in [-0.4, -0.2) is 59.2 Å². The van der Waals surface area contributed by atoms with Gasteiger partial charge in [0.15, 0.2) is 11.4 Å². The van der Waals surface area contributed by atoms with Crippen LogP contribution < -0.4 is 10.2 Å². The molecule has 0 aromatic carbocycles. The average molecular weight is 334 g/mol. The molecule has 1 aliphatic rings. The Kier molecular flexibility index (Phi) is 5.43. The lowest BCUT2D eigenvalue weighted by Gasteiger charge is -2.48. The largest absolute Gasteiger partial charge is 0.465 e. The summed E-state index contributed by atoms with van der Waals surface area (Å²) in [6.45, 7) is 6.71. The minimum absolute atomic E-state index is 0.228. The van der Waals surface area contributed by atoms with Crippen LogP contribution in [0.2, 0.25) is 0 Å². The molecule has 1 saturated heterocycles. The van der Waals surface area contributed by atoms with Crippen molar-refractivity contribution >= 4 is 17.7 Å². The molecular formula is C17H26N4O3. The average Bonchev–Trinajstić information content (AvgIpc) is 2.54. The van der Waals surface area contributed by atoms with Gasteiger partial charge in [-0.1, -0.05) is 19.9 Å². The van der Waals surface area contributed by atoms with Crippen molar-refractivity contribution in [2.45, 2.75) is 32.9 Å². The number of aromatic nitrogens is 1. The molecule has 7 heteroatoms. The number of nitrogens with zero attached hydrogens (tertiary/aromatic N) is 3. The zero-order chi connectivity index (χ0) is 17.9. The molecule has 2 heterocycles. The van der Waals surface area contributed by atoms with E-state index >= 15 is 0 Å². The summed E-state index contributed by atoms with van der Waals surface area (Å²) in [5.41, 5.74) is -0.0769. The van der Waals surface area contributed by atoms with Crippen LogP contribution in [0.1, 0.15) is 26.3 Å². The monoisotopic (exact) mass is 334 g/mol. The number of carbonyl (C=O) groups is 2. The summed E-state index contributed by atoms with van der Waals surface area (Å²) in [5.74, 6) is 1.09. The molecule has 1 atom stereocenters. The van der Waals surface area contributed by atoms with Crippen molar-refractivity contribution in [1.29, 1.82) is 0 Å². The van der Waals surface area contributed by atoms with Crippen LogP contribution >= 0.6 is 0 Å². The van der Waals surface area contributed by atoms with Crippen molar-refractivity contribution in [3.8, 4) is 0 Å². The second-order valence-electron chi connectivity index (χ2n) is 6.64. The Balaban J connectivity index is 2.24. The van der Waals surface area contributed by atoms with Crippen LogP contribution in [0.4, 0.5) is 10.6 Å². The molecule has 1 aromatic rings. The van der Waals surface area contributed by atoms with E-state index < -0.39 is 11.8 Å². The maximum Gasteiger partial charge on any atom is 0.409 e. The van der Waals surface area contributed by atoms with Gasteiger partial charge in [0, 0.05) is 19.3 Å². The minimum atomic E-state index is -1.25. The summed E-state index contributed by atoms with van der Waals surface area (Å²) < 4.78 is 0. The van der Waals surface area contributed by atoms with Crippen LogP contribution in [0.25, 0.3) is 0 Å². The number of Topliss-reactive ketones (excluding diaryl/α,β-unsaturated/α-hetero) is 1. The summed E-state index contributed by atoms with van der Waals surface area (Å²) >= 11 is 0. The summed E-state index contributed by atoms with van der Waals surface area (Å²) in [7, 11) is 1.61. The third-order valence-corrected chi connectivity index (χ3v) is 4.48. The van der Waals surface area contributed by atoms with Crippen LogP contribution in [0.15, 0.2) is 18.3 Å². The quantitative estimate of drug-likeness (QED) is 0.850. The molecule has 0 aliphatic carbocycles. The molecule has 1 aromatic heterocycles. The smallest absolute Gasteiger partial charge is 0.409 e. The normalized spacial score (nSPS) is 21.2. The molecule has 1 fully saturated rings. The number of pyridine rings is 1. The Morgan fingerprint density at radius 1 is 1.38 bits per heavy atom. The van der Waals surface area contributed by atoms with E-state index in [1.54, 1.807) is 7.05 Å². The maximum absolute atomic E-state index is 12.2. The van der Waals surface area contributed by atoms with Crippen molar-refractivity contribution in [3.05, 3.63) is 23.9 Å². The van der Waals surface area contributed by atoms with Crippen LogP contribution in [0, 0.1) is 5.92 Å². The molecule has 24 heavy (non-hydrogen) atoms. The van der Waals surface area contributed by atoms with E-state index in [4.69, 9.17) is 0 Å². The fraction of sp³-hybridized carbons (Fsp3) is 0.588. The number of likely N-dealkylation sites (N-methyl/N-ethyl adjacent to an activating group) is 1. The number of hydrogen-bond acceptors (Lipinski definition) is 5. The Hall–Kier alpha value is -2.15. The van der Waals surface area contributed by atoms with Gasteiger partial charge >= 0.3 is 6.09 Å². The molecule has 2 N–H and O–H groups in total. The van der Waals surface area contributed by atoms with Crippen molar-refractivity contribution in [3.63, 3.8) is 0 Å². The third kappa shape index (κ3) is 3.51. The highest BCUT2D eigenvalue weighted by atomic mass is 16.4. The molecule has 0 radical (unpaired) electrons. The Morgan fingerprint density at radius 3 is 2.54 bits per heavy atom. The standard InChI is InChI=1S/C17H26N4O3/c1-12(2)9-14-5-6-15(19-10-14)20-7-8-21(16(23)24)17(11-20,18-4)13(3)22/h5-6,10,12,18H,7-9,11H2,1-4H3,(H,23,24). The number of amides is 1. The number of rotatable bonds is 5. The zero-order valence-electron chi connectivity index (χ0n) is 14.7. The van der Waals surface area contributed by atoms with E-state index in [1.807, 2.05) is 23.2 Å². The second-order valence-corrected chi connectivity index (χ2v) is 6.64. The summed E-state index contributed by atoms with van der Waals surface area (Å²) in [6.07, 6.45) is 1.72. The van der Waals surface area contributed by atoms with Gasteiger partial charge in [-0.15, -0.1) is 0 Å². The molecule has 1 unspecified atom stereocenters. The predicted octanol–water partition coefficient (Wildman–Crippen LogP) is 1.58. The highest BCUT2D eigenvalue weighted by Gasteiger charge is 2.47. The Bertz CT molecular complexity index is 602. The van der Waals surface area contributed by atoms with E-state index in [9.17, 15) is 14.7 Å². The molecular weight excluding hydrogens is 308 g/mol.